The second-order valence-corrected chi connectivity index (χ2v) is 6.53. The van der Waals surface area contributed by atoms with Crippen LogP contribution in [-0.4, -0.2) is 16.7 Å². The molecule has 0 radical (unpaired) electrons. The van der Waals surface area contributed by atoms with Gasteiger partial charge >= 0.3 is 0 Å². The predicted octanol–water partition coefficient (Wildman–Crippen LogP) is 1.55. The SMILES string of the molecule is O=C1NC(=O)[C@H]2C3c4ccccc4C([N+](=O)[O-])(c4ccccc43)[C@H]12. The molecule has 2 bridgehead atoms. The van der Waals surface area contributed by atoms with Crippen LogP contribution in [0.4, 0.5) is 0 Å². The lowest BCUT2D eigenvalue weighted by Gasteiger charge is -2.48. The van der Waals surface area contributed by atoms with Crippen molar-refractivity contribution in [3.8, 4) is 0 Å². The minimum absolute atomic E-state index is 0.323. The molecule has 0 aromatic heterocycles. The largest absolute Gasteiger partial charge is 0.296 e. The zero-order valence-electron chi connectivity index (χ0n) is 12.4. The van der Waals surface area contributed by atoms with Crippen molar-refractivity contribution in [2.24, 2.45) is 11.8 Å². The number of imide groups is 1. The number of nitrogens with zero attached hydrogens (tertiary/aromatic N) is 1. The Kier molecular flexibility index (Phi) is 2.28. The quantitative estimate of drug-likeness (QED) is 0.490. The molecule has 3 aliphatic carbocycles. The van der Waals surface area contributed by atoms with Crippen LogP contribution in [0.5, 0.6) is 0 Å². The first-order valence-corrected chi connectivity index (χ1v) is 7.76. The maximum Gasteiger partial charge on any atom is 0.284 e. The molecule has 1 N–H and O–H groups in total. The van der Waals surface area contributed by atoms with Crippen molar-refractivity contribution in [2.75, 3.05) is 0 Å². The first kappa shape index (κ1) is 13.4. The molecule has 2 atom stereocenters. The number of amides is 2. The van der Waals surface area contributed by atoms with E-state index in [1.807, 2.05) is 24.3 Å². The molecule has 0 saturated carbocycles. The van der Waals surface area contributed by atoms with Crippen molar-refractivity contribution in [3.63, 3.8) is 0 Å². The third kappa shape index (κ3) is 1.22. The maximum atomic E-state index is 12.5. The third-order valence-corrected chi connectivity index (χ3v) is 5.70. The molecular formula is C18H12N2O4. The van der Waals surface area contributed by atoms with Gasteiger partial charge in [-0.3, -0.25) is 25.0 Å². The average molecular weight is 320 g/mol. The number of rotatable bonds is 1. The predicted molar refractivity (Wildman–Crippen MR) is 82.6 cm³/mol. The molecule has 6 heteroatoms. The minimum atomic E-state index is -1.71. The molecule has 2 aromatic carbocycles. The third-order valence-electron chi connectivity index (χ3n) is 5.70. The smallest absolute Gasteiger partial charge is 0.284 e. The lowest BCUT2D eigenvalue weighted by molar-refractivity contribution is -0.578. The Morgan fingerprint density at radius 3 is 2.00 bits per heavy atom. The Morgan fingerprint density at radius 1 is 0.917 bits per heavy atom. The summed E-state index contributed by atoms with van der Waals surface area (Å²) in [7, 11) is 0. The second-order valence-electron chi connectivity index (χ2n) is 6.53. The van der Waals surface area contributed by atoms with Crippen molar-refractivity contribution in [1.82, 2.24) is 5.32 Å². The van der Waals surface area contributed by atoms with E-state index in [1.54, 1.807) is 24.3 Å². The van der Waals surface area contributed by atoms with Gasteiger partial charge in [0.15, 0.2) is 0 Å². The Bertz CT molecular complexity index is 904. The molecule has 2 aromatic rings. The normalized spacial score (nSPS) is 31.9. The fraction of sp³-hybridized carbons (Fsp3) is 0.222. The van der Waals surface area contributed by atoms with Gasteiger partial charge in [0.05, 0.1) is 5.92 Å². The fourth-order valence-electron chi connectivity index (χ4n) is 4.97. The number of hydrogen-bond acceptors (Lipinski definition) is 4. The highest BCUT2D eigenvalue weighted by atomic mass is 16.6. The Morgan fingerprint density at radius 2 is 1.46 bits per heavy atom. The topological polar surface area (TPSA) is 89.3 Å². The summed E-state index contributed by atoms with van der Waals surface area (Å²) in [5, 5.41) is 14.7. The van der Waals surface area contributed by atoms with E-state index in [0.29, 0.717) is 11.1 Å². The summed E-state index contributed by atoms with van der Waals surface area (Å²) in [6.45, 7) is 0. The monoisotopic (exact) mass is 320 g/mol. The standard InChI is InChI=1S/C18H12N2O4/c21-16-14-13-9-5-1-3-7-11(9)18(20(23)24,15(14)17(22)19-16)12-8-4-2-6-10(12)13/h1-8,13-15H,(H,19,21,22)/t13?,14-,15-,18?/m0/s1. The first-order valence-electron chi connectivity index (χ1n) is 7.76. The van der Waals surface area contributed by atoms with Crippen molar-refractivity contribution >= 4 is 11.8 Å². The molecule has 1 fully saturated rings. The molecule has 118 valence electrons. The molecule has 1 heterocycles. The molecule has 6 rings (SSSR count). The number of benzene rings is 2. The van der Waals surface area contributed by atoms with Gasteiger partial charge in [-0.1, -0.05) is 48.5 Å². The van der Waals surface area contributed by atoms with Gasteiger partial charge in [0, 0.05) is 22.0 Å². The molecule has 0 spiro atoms. The summed E-state index contributed by atoms with van der Waals surface area (Å²) in [4.78, 5) is 36.9. The van der Waals surface area contributed by atoms with Crippen molar-refractivity contribution in [1.29, 1.82) is 0 Å². The summed E-state index contributed by atoms with van der Waals surface area (Å²) in [6, 6.07) is 14.2. The summed E-state index contributed by atoms with van der Waals surface area (Å²) < 4.78 is 0. The van der Waals surface area contributed by atoms with Gasteiger partial charge in [0.25, 0.3) is 5.54 Å². The number of hydrogen-bond donors (Lipinski definition) is 1. The zero-order valence-corrected chi connectivity index (χ0v) is 12.4. The van der Waals surface area contributed by atoms with Gasteiger partial charge in [0.1, 0.15) is 5.92 Å². The van der Waals surface area contributed by atoms with E-state index in [4.69, 9.17) is 0 Å². The average Bonchev–Trinajstić information content (AvgIpc) is 2.90. The van der Waals surface area contributed by atoms with E-state index in [1.165, 1.54) is 0 Å². The number of nitro groups is 1. The molecule has 1 aliphatic heterocycles. The lowest BCUT2D eigenvalue weighted by atomic mass is 9.51. The van der Waals surface area contributed by atoms with E-state index in [-0.39, 0.29) is 10.8 Å². The molecule has 6 nitrogen and oxygen atoms in total. The first-order chi connectivity index (χ1) is 11.6. The molecule has 1 saturated heterocycles. The van der Waals surface area contributed by atoms with Crippen molar-refractivity contribution in [3.05, 3.63) is 80.9 Å². The highest BCUT2D eigenvalue weighted by Crippen LogP contribution is 2.62. The Balaban J connectivity index is 1.99. The van der Waals surface area contributed by atoms with E-state index in [9.17, 15) is 19.7 Å². The Labute approximate surface area is 136 Å². The zero-order chi connectivity index (χ0) is 16.6. The van der Waals surface area contributed by atoms with Crippen LogP contribution in [-0.2, 0) is 15.1 Å². The van der Waals surface area contributed by atoms with Gasteiger partial charge in [-0.05, 0) is 11.1 Å². The molecule has 0 unspecified atom stereocenters. The van der Waals surface area contributed by atoms with Crippen LogP contribution in [0.3, 0.4) is 0 Å². The van der Waals surface area contributed by atoms with Gasteiger partial charge < -0.3 is 0 Å². The second kappa shape index (κ2) is 4.08. The number of nitrogens with one attached hydrogen (secondary N) is 1. The van der Waals surface area contributed by atoms with Crippen molar-refractivity contribution < 1.29 is 14.5 Å². The van der Waals surface area contributed by atoms with Crippen LogP contribution in [0.15, 0.2) is 48.5 Å². The van der Waals surface area contributed by atoms with E-state index >= 15 is 0 Å². The van der Waals surface area contributed by atoms with Crippen LogP contribution in [0.1, 0.15) is 28.2 Å². The van der Waals surface area contributed by atoms with Crippen molar-refractivity contribution in [2.45, 2.75) is 11.5 Å². The molecule has 4 aliphatic rings. The molecule has 24 heavy (non-hydrogen) atoms. The van der Waals surface area contributed by atoms with Gasteiger partial charge in [-0.15, -0.1) is 0 Å². The van der Waals surface area contributed by atoms with Crippen LogP contribution in [0.25, 0.3) is 0 Å². The maximum absolute atomic E-state index is 12.5. The lowest BCUT2D eigenvalue weighted by Crippen LogP contribution is -2.57. The van der Waals surface area contributed by atoms with Crippen LogP contribution < -0.4 is 5.32 Å². The Hall–Kier alpha value is -3.02. The van der Waals surface area contributed by atoms with Crippen LogP contribution >= 0.6 is 0 Å². The number of carbonyl (C=O) groups excluding carboxylic acids is 2. The summed E-state index contributed by atoms with van der Waals surface area (Å²) in [6.07, 6.45) is 0. The van der Waals surface area contributed by atoms with Gasteiger partial charge in [-0.2, -0.15) is 0 Å². The summed E-state index contributed by atoms with van der Waals surface area (Å²) in [5.74, 6) is -3.01. The fourth-order valence-corrected chi connectivity index (χ4v) is 4.97. The minimum Gasteiger partial charge on any atom is -0.296 e. The highest BCUT2D eigenvalue weighted by molar-refractivity contribution is 6.08. The number of carbonyl (C=O) groups is 2. The molecule has 2 amide bonds. The van der Waals surface area contributed by atoms with Gasteiger partial charge in [0.2, 0.25) is 11.8 Å². The van der Waals surface area contributed by atoms with E-state index < -0.39 is 29.2 Å². The molecular weight excluding hydrogens is 308 g/mol. The van der Waals surface area contributed by atoms with Gasteiger partial charge in [-0.25, -0.2) is 0 Å². The summed E-state index contributed by atoms with van der Waals surface area (Å²) in [5.41, 5.74) is 0.913. The van der Waals surface area contributed by atoms with Crippen LogP contribution in [0, 0.1) is 22.0 Å². The van der Waals surface area contributed by atoms with E-state index in [0.717, 1.165) is 11.1 Å². The summed E-state index contributed by atoms with van der Waals surface area (Å²) >= 11 is 0. The van der Waals surface area contributed by atoms with Crippen LogP contribution in [0.2, 0.25) is 0 Å². The highest BCUT2D eigenvalue weighted by Gasteiger charge is 2.73. The van der Waals surface area contributed by atoms with E-state index in [2.05, 4.69) is 5.32 Å².